The first-order chi connectivity index (χ1) is 13.0. The lowest BCUT2D eigenvalue weighted by Crippen LogP contribution is -2.33. The van der Waals surface area contributed by atoms with Gasteiger partial charge in [-0.25, -0.2) is 9.59 Å². The monoisotopic (exact) mass is 436 g/mol. The Morgan fingerprint density at radius 3 is 2.29 bits per heavy atom. The van der Waals surface area contributed by atoms with Gasteiger partial charge < -0.3 is 19.5 Å². The van der Waals surface area contributed by atoms with Crippen LogP contribution in [0.1, 0.15) is 27.7 Å². The number of hydrogen-bond acceptors (Lipinski definition) is 11. The highest BCUT2D eigenvalue weighted by Crippen LogP contribution is 2.21. The van der Waals surface area contributed by atoms with Crippen LogP contribution in [0.4, 0.5) is 5.13 Å². The van der Waals surface area contributed by atoms with Gasteiger partial charge in [0, 0.05) is 14.0 Å². The molecule has 0 saturated carbocycles. The molecule has 3 atom stereocenters. The molecule has 14 heteroatoms. The molecule has 1 aromatic rings. The number of anilines is 1. The largest absolute Gasteiger partial charge is 0.454 e. The van der Waals surface area contributed by atoms with Crippen LogP contribution in [0.2, 0.25) is 0 Å². The summed E-state index contributed by atoms with van der Waals surface area (Å²) in [6.07, 6.45) is -2.24. The van der Waals surface area contributed by atoms with Crippen LogP contribution < -0.4 is 5.32 Å². The van der Waals surface area contributed by atoms with Gasteiger partial charge in [-0.2, -0.15) is 12.8 Å². The maximum Gasteiger partial charge on any atom is 0.347 e. The minimum Gasteiger partial charge on any atom is -0.454 e. The third-order valence-electron chi connectivity index (χ3n) is 2.93. The molecule has 1 rings (SSSR count). The Balaban J connectivity index is 2.67. The third kappa shape index (κ3) is 7.28. The quantitative estimate of drug-likeness (QED) is 0.320. The lowest BCUT2D eigenvalue weighted by molar-refractivity contribution is -0.173. The summed E-state index contributed by atoms with van der Waals surface area (Å²) in [7, 11) is -2.88. The van der Waals surface area contributed by atoms with Crippen molar-refractivity contribution in [1.82, 2.24) is 10.2 Å². The van der Waals surface area contributed by atoms with Crippen LogP contribution in [0.25, 0.3) is 0 Å². The van der Waals surface area contributed by atoms with E-state index in [1.54, 1.807) is 0 Å². The van der Waals surface area contributed by atoms with Gasteiger partial charge >= 0.3 is 22.0 Å². The first-order valence-corrected chi connectivity index (χ1v) is 10.1. The van der Waals surface area contributed by atoms with Crippen molar-refractivity contribution in [1.29, 1.82) is 0 Å². The number of carbonyl (C=O) groups is 3. The Bertz CT molecular complexity index is 851. The van der Waals surface area contributed by atoms with Crippen LogP contribution in [0.15, 0.2) is 8.74 Å². The molecule has 0 aliphatic rings. The second kappa shape index (κ2) is 10.2. The van der Waals surface area contributed by atoms with E-state index in [0.717, 1.165) is 6.21 Å². The van der Waals surface area contributed by atoms with Gasteiger partial charge in [-0.15, -0.1) is 10.2 Å². The Hall–Kier alpha value is -2.45. The number of carbonyl (C=O) groups excluding carboxylic acids is 3. The summed E-state index contributed by atoms with van der Waals surface area (Å²) in [4.78, 5) is 34.4. The molecule has 1 aromatic heterocycles. The molecule has 0 bridgehead atoms. The molecule has 0 spiro atoms. The predicted octanol–water partition coefficient (Wildman–Crippen LogP) is 0.154. The van der Waals surface area contributed by atoms with Gasteiger partial charge in [0.2, 0.25) is 11.0 Å². The summed E-state index contributed by atoms with van der Waals surface area (Å²) < 4.78 is 41.7. The maximum absolute atomic E-state index is 12.1. The molecule has 28 heavy (non-hydrogen) atoms. The summed E-state index contributed by atoms with van der Waals surface area (Å²) in [5, 5.41) is 9.25. The van der Waals surface area contributed by atoms with E-state index in [9.17, 15) is 22.8 Å². The lowest BCUT2D eigenvalue weighted by atomic mass is 10.3. The number of aromatic nitrogens is 2. The second-order valence-corrected chi connectivity index (χ2v) is 8.17. The van der Waals surface area contributed by atoms with Crippen LogP contribution in [0.5, 0.6) is 0 Å². The molecule has 1 heterocycles. The zero-order chi connectivity index (χ0) is 21.5. The van der Waals surface area contributed by atoms with Gasteiger partial charge in [-0.05, 0) is 20.8 Å². The Morgan fingerprint density at radius 2 is 1.71 bits per heavy atom. The maximum atomic E-state index is 12.1. The Kier molecular flexibility index (Phi) is 8.59. The smallest absolute Gasteiger partial charge is 0.347 e. The van der Waals surface area contributed by atoms with Crippen molar-refractivity contribution >= 4 is 50.6 Å². The van der Waals surface area contributed by atoms with Crippen molar-refractivity contribution < 1.29 is 37.0 Å². The number of esters is 2. The van der Waals surface area contributed by atoms with Crippen LogP contribution in [-0.4, -0.2) is 68.1 Å². The molecular weight excluding hydrogens is 416 g/mol. The van der Waals surface area contributed by atoms with Crippen molar-refractivity contribution in [2.24, 2.45) is 4.40 Å². The van der Waals surface area contributed by atoms with Crippen molar-refractivity contribution in [2.45, 2.75) is 50.3 Å². The van der Waals surface area contributed by atoms with Crippen molar-refractivity contribution in [3.63, 3.8) is 0 Å². The molecule has 12 nitrogen and oxygen atoms in total. The molecule has 0 saturated heterocycles. The summed E-state index contributed by atoms with van der Waals surface area (Å²) in [6, 6.07) is 0. The Labute approximate surface area is 165 Å². The van der Waals surface area contributed by atoms with Gasteiger partial charge in [0.25, 0.3) is 4.34 Å². The molecule has 1 amide bonds. The molecular formula is C14H20N4O8S2. The van der Waals surface area contributed by atoms with E-state index < -0.39 is 50.5 Å². The van der Waals surface area contributed by atoms with E-state index in [1.807, 2.05) is 0 Å². The van der Waals surface area contributed by atoms with Gasteiger partial charge in [0.15, 0.2) is 12.2 Å². The minimum absolute atomic E-state index is 0.00155. The summed E-state index contributed by atoms with van der Waals surface area (Å²) in [5.74, 6) is -2.07. The van der Waals surface area contributed by atoms with Crippen molar-refractivity contribution in [2.75, 3.05) is 12.4 Å². The number of amides is 1. The van der Waals surface area contributed by atoms with E-state index >= 15 is 0 Å². The Morgan fingerprint density at radius 1 is 1.11 bits per heavy atom. The van der Waals surface area contributed by atoms with Gasteiger partial charge in [-0.3, -0.25) is 4.79 Å². The average Bonchev–Trinajstić information content (AvgIpc) is 3.07. The zero-order valence-corrected chi connectivity index (χ0v) is 17.4. The summed E-state index contributed by atoms with van der Waals surface area (Å²) in [6.45, 7) is 5.35. The number of hydrogen-bond donors (Lipinski definition) is 1. The fourth-order valence-electron chi connectivity index (χ4n) is 1.45. The van der Waals surface area contributed by atoms with Crippen LogP contribution >= 0.6 is 11.3 Å². The molecule has 0 aromatic carbocycles. The standard InChI is InChI=1S/C14H20N4O8S2/c1-7(25-12(21)9(3)26-11(20)8(2)24-5)6-15-28(22,23)14-18-17-13(27-14)16-10(4)19/h6-9H,1-5H3,(H,16,17,19)/b15-6+. The molecule has 3 unspecified atom stereocenters. The van der Waals surface area contributed by atoms with Crippen molar-refractivity contribution in [3.05, 3.63) is 0 Å². The molecule has 0 aliphatic carbocycles. The van der Waals surface area contributed by atoms with Crippen molar-refractivity contribution in [3.8, 4) is 0 Å². The molecule has 0 radical (unpaired) electrons. The zero-order valence-electron chi connectivity index (χ0n) is 15.7. The topological polar surface area (TPSA) is 163 Å². The van der Waals surface area contributed by atoms with Crippen LogP contribution in [0, 0.1) is 0 Å². The SMILES string of the molecule is COC(C)C(=O)OC(C)C(=O)OC(C)/C=N/S(=O)(=O)c1nnc(NC(C)=O)s1. The highest BCUT2D eigenvalue weighted by molar-refractivity contribution is 7.92. The molecule has 1 N–H and O–H groups in total. The second-order valence-electron chi connectivity index (χ2n) is 5.38. The lowest BCUT2D eigenvalue weighted by Gasteiger charge is -2.16. The highest BCUT2D eigenvalue weighted by Gasteiger charge is 2.24. The minimum atomic E-state index is -4.19. The van der Waals surface area contributed by atoms with Crippen LogP contribution in [-0.2, 0) is 38.6 Å². The first-order valence-electron chi connectivity index (χ1n) is 7.81. The van der Waals surface area contributed by atoms with Gasteiger partial charge in [-0.1, -0.05) is 11.3 Å². The summed E-state index contributed by atoms with van der Waals surface area (Å²) in [5.41, 5.74) is 0. The number of methoxy groups -OCH3 is 1. The molecule has 156 valence electrons. The predicted molar refractivity (Wildman–Crippen MR) is 97.5 cm³/mol. The summed E-state index contributed by atoms with van der Waals surface area (Å²) >= 11 is 0.617. The fourth-order valence-corrected chi connectivity index (χ4v) is 3.33. The number of sulfonamides is 1. The number of ether oxygens (including phenoxy) is 3. The van der Waals surface area contributed by atoms with E-state index in [-0.39, 0.29) is 5.13 Å². The van der Waals surface area contributed by atoms with Gasteiger partial charge in [0.1, 0.15) is 6.10 Å². The molecule has 0 aliphatic heterocycles. The first kappa shape index (κ1) is 23.6. The van der Waals surface area contributed by atoms with E-state index in [2.05, 4.69) is 19.9 Å². The number of nitrogens with one attached hydrogen (secondary N) is 1. The van der Waals surface area contributed by atoms with E-state index in [0.29, 0.717) is 11.3 Å². The highest BCUT2D eigenvalue weighted by atomic mass is 32.2. The number of nitrogens with zero attached hydrogens (tertiary/aromatic N) is 3. The fraction of sp³-hybridized carbons (Fsp3) is 0.571. The number of rotatable bonds is 9. The molecule has 0 fully saturated rings. The van der Waals surface area contributed by atoms with Gasteiger partial charge in [0.05, 0.1) is 6.21 Å². The van der Waals surface area contributed by atoms with E-state index in [4.69, 9.17) is 14.2 Å². The van der Waals surface area contributed by atoms with Crippen LogP contribution in [0.3, 0.4) is 0 Å². The normalized spacial score (nSPS) is 14.9. The average molecular weight is 436 g/mol. The third-order valence-corrected chi connectivity index (χ3v) is 5.37. The van der Waals surface area contributed by atoms with E-state index in [1.165, 1.54) is 34.8 Å².